The van der Waals surface area contributed by atoms with Crippen molar-refractivity contribution in [2.75, 3.05) is 48.2 Å². The number of hydrogen-bond acceptors (Lipinski definition) is 11. The Morgan fingerprint density at radius 3 is 1.67 bits per heavy atom. The summed E-state index contributed by atoms with van der Waals surface area (Å²) in [5.41, 5.74) is 7.18. The number of carbonyl (C=O) groups is 5. The van der Waals surface area contributed by atoms with Crippen molar-refractivity contribution in [1.82, 2.24) is 50.2 Å². The minimum atomic E-state index is -0.919. The first-order valence-electron chi connectivity index (χ1n) is 23.1. The van der Waals surface area contributed by atoms with E-state index >= 15 is 0 Å². The largest absolute Gasteiger partial charge is 0.493 e. The Kier molecular flexibility index (Phi) is 14.1. The Morgan fingerprint density at radius 2 is 1.16 bits per heavy atom. The number of rotatable bonds is 13. The molecule has 3 aliphatic heterocycles. The minimum Gasteiger partial charge on any atom is -0.493 e. The van der Waals surface area contributed by atoms with Crippen molar-refractivity contribution in [3.8, 4) is 45.1 Å². The van der Waals surface area contributed by atoms with Crippen molar-refractivity contribution in [1.29, 1.82) is 0 Å². The molecule has 0 radical (unpaired) electrons. The lowest BCUT2D eigenvalue weighted by Gasteiger charge is -2.30. The smallest absolute Gasteiger partial charge is 0.407 e. The topological polar surface area (TPSA) is 217 Å². The highest BCUT2D eigenvalue weighted by molar-refractivity contribution is 5.88. The third-order valence-corrected chi connectivity index (χ3v) is 13.2. The fourth-order valence-electron chi connectivity index (χ4n) is 9.45. The number of nitrogens with one attached hydrogen (secondary N) is 4. The quantitative estimate of drug-likeness (QED) is 0.0957. The summed E-state index contributed by atoms with van der Waals surface area (Å²) in [4.78, 5) is 89.7. The normalized spacial score (nSPS) is 17.5. The van der Waals surface area contributed by atoms with Crippen LogP contribution in [0.15, 0.2) is 73.1 Å². The molecule has 5 heterocycles. The lowest BCUT2D eigenvalue weighted by molar-refractivity contribution is -0.136. The van der Waals surface area contributed by atoms with Gasteiger partial charge in [-0.1, -0.05) is 82.3 Å². The number of alkyl carbamates (subject to hydrolysis) is 2. The van der Waals surface area contributed by atoms with Crippen LogP contribution in [0.4, 0.5) is 14.4 Å². The maximum absolute atomic E-state index is 14.4. The molecule has 2 saturated heterocycles. The SMILES string of the molecule is COC(=O)NC(C(=O)N1CCC[C@H]1c1ncc(-c2ccc(-c3ccc(-c4cnc([C@@H]5CN(C(=O)N6Cc7ccc(OC)c(OC)c7C6)CN5C(=O)[C@@H](NC(=O)OC)C(C)C)[nH]4)cc3)cc2)[nH]1)C(C)C. The zero-order chi connectivity index (χ0) is 49.1. The summed E-state index contributed by atoms with van der Waals surface area (Å²) in [6.07, 6.45) is 3.71. The third kappa shape index (κ3) is 9.75. The lowest BCUT2D eigenvalue weighted by atomic mass is 10.0. The fraction of sp³-hybridized carbons (Fsp3) is 0.420. The first kappa shape index (κ1) is 47.9. The van der Waals surface area contributed by atoms with Gasteiger partial charge in [-0.25, -0.2) is 24.4 Å². The standard InChI is InChI=1S/C50H60N10O9/c1-28(2)41(55-48(63)68-7)46(61)59-21-9-10-38(59)44-51-22-36(53-44)32-15-11-30(12-16-32)31-13-17-33(18-14-31)37-23-52-45(54-37)39-26-58(27-60(39)47(62)42(29(3)4)56-49(64)69-8)50(65)57-24-34-19-20-40(66-5)43(67-6)35(34)25-57/h11-20,22-23,28-29,38-39,41-42H,9-10,21,24-27H2,1-8H3,(H,51,53)(H,52,54)(H,55,63)(H,56,64)/t38-,39-,41?,42-/m0/s1. The van der Waals surface area contributed by atoms with Gasteiger partial charge < -0.3 is 59.1 Å². The summed E-state index contributed by atoms with van der Waals surface area (Å²) in [6.45, 7) is 8.83. The molecule has 1 unspecified atom stereocenters. The molecule has 3 aromatic carbocycles. The van der Waals surface area contributed by atoms with Crippen molar-refractivity contribution in [3.63, 3.8) is 0 Å². The summed E-state index contributed by atoms with van der Waals surface area (Å²) in [5, 5.41) is 5.38. The molecule has 3 aliphatic rings. The molecule has 2 aromatic heterocycles. The van der Waals surface area contributed by atoms with Crippen LogP contribution in [0.5, 0.6) is 11.5 Å². The van der Waals surface area contributed by atoms with Gasteiger partial charge in [0, 0.05) is 18.7 Å². The van der Waals surface area contributed by atoms with Crippen LogP contribution in [0.1, 0.15) is 75.4 Å². The van der Waals surface area contributed by atoms with Crippen LogP contribution in [-0.2, 0) is 32.2 Å². The van der Waals surface area contributed by atoms with Gasteiger partial charge in [0.25, 0.3) is 0 Å². The van der Waals surface area contributed by atoms with E-state index in [-0.39, 0.29) is 48.9 Å². The van der Waals surface area contributed by atoms with Gasteiger partial charge in [-0.3, -0.25) is 9.59 Å². The van der Waals surface area contributed by atoms with E-state index in [0.29, 0.717) is 42.8 Å². The molecule has 2 fully saturated rings. The summed E-state index contributed by atoms with van der Waals surface area (Å²) in [6, 6.07) is 17.2. The number of likely N-dealkylation sites (tertiary alicyclic amines) is 1. The molecule has 364 valence electrons. The molecule has 6 amide bonds. The van der Waals surface area contributed by atoms with E-state index in [2.05, 4.69) is 25.6 Å². The zero-order valence-corrected chi connectivity index (χ0v) is 40.2. The molecule has 0 aliphatic carbocycles. The number of nitrogens with zero attached hydrogens (tertiary/aromatic N) is 6. The molecule has 4 N–H and O–H groups in total. The average Bonchev–Trinajstić information content (AvgIpc) is 4.23. The van der Waals surface area contributed by atoms with E-state index in [1.165, 1.54) is 14.2 Å². The van der Waals surface area contributed by atoms with Gasteiger partial charge >= 0.3 is 18.2 Å². The van der Waals surface area contributed by atoms with Gasteiger partial charge in [-0.05, 0) is 58.6 Å². The summed E-state index contributed by atoms with van der Waals surface area (Å²) in [7, 11) is 5.67. The summed E-state index contributed by atoms with van der Waals surface area (Å²) >= 11 is 0. The molecule has 0 saturated carbocycles. The Hall–Kier alpha value is -7.57. The van der Waals surface area contributed by atoms with E-state index in [9.17, 15) is 24.0 Å². The number of methoxy groups -OCH3 is 4. The molecular weight excluding hydrogens is 885 g/mol. The molecular formula is C50H60N10O9. The number of H-pyrrole nitrogens is 2. The molecule has 5 aromatic rings. The number of amides is 6. The maximum Gasteiger partial charge on any atom is 0.407 e. The number of aromatic amines is 2. The highest BCUT2D eigenvalue weighted by atomic mass is 16.5. The molecule has 69 heavy (non-hydrogen) atoms. The van der Waals surface area contributed by atoms with Gasteiger partial charge in [-0.15, -0.1) is 0 Å². The van der Waals surface area contributed by atoms with Crippen molar-refractivity contribution >= 4 is 30.0 Å². The van der Waals surface area contributed by atoms with Crippen molar-refractivity contribution < 1.29 is 42.9 Å². The number of carbonyl (C=O) groups excluding carboxylic acids is 5. The predicted molar refractivity (Wildman–Crippen MR) is 254 cm³/mol. The fourth-order valence-corrected chi connectivity index (χ4v) is 9.45. The van der Waals surface area contributed by atoms with Crippen LogP contribution in [0.3, 0.4) is 0 Å². The second kappa shape index (κ2) is 20.3. The first-order valence-corrected chi connectivity index (χ1v) is 23.1. The lowest BCUT2D eigenvalue weighted by Crippen LogP contribution is -2.52. The zero-order valence-electron chi connectivity index (χ0n) is 40.2. The highest BCUT2D eigenvalue weighted by Crippen LogP contribution is 2.40. The van der Waals surface area contributed by atoms with Gasteiger partial charge in [0.2, 0.25) is 11.8 Å². The molecule has 19 heteroatoms. The number of fused-ring (bicyclic) bond motifs is 1. The summed E-state index contributed by atoms with van der Waals surface area (Å²) < 4.78 is 20.8. The van der Waals surface area contributed by atoms with Crippen LogP contribution >= 0.6 is 0 Å². The van der Waals surface area contributed by atoms with E-state index in [1.54, 1.807) is 46.2 Å². The predicted octanol–water partition coefficient (Wildman–Crippen LogP) is 6.85. The Bertz CT molecular complexity index is 2680. The monoisotopic (exact) mass is 944 g/mol. The maximum atomic E-state index is 14.4. The average molecular weight is 945 g/mol. The van der Waals surface area contributed by atoms with Crippen molar-refractivity contribution in [3.05, 3.63) is 95.8 Å². The van der Waals surface area contributed by atoms with E-state index in [1.807, 2.05) is 88.4 Å². The van der Waals surface area contributed by atoms with Gasteiger partial charge in [0.05, 0.1) is 78.0 Å². The van der Waals surface area contributed by atoms with Crippen molar-refractivity contribution in [2.24, 2.45) is 11.8 Å². The van der Waals surface area contributed by atoms with E-state index in [0.717, 1.165) is 57.6 Å². The van der Waals surface area contributed by atoms with Gasteiger partial charge in [-0.2, -0.15) is 0 Å². The number of ether oxygens (including phenoxy) is 4. The number of urea groups is 1. The molecule has 8 rings (SSSR count). The van der Waals surface area contributed by atoms with E-state index in [4.69, 9.17) is 23.9 Å². The second-order valence-electron chi connectivity index (χ2n) is 18.2. The number of benzene rings is 3. The molecule has 0 spiro atoms. The molecule has 0 bridgehead atoms. The second-order valence-corrected chi connectivity index (χ2v) is 18.2. The third-order valence-electron chi connectivity index (χ3n) is 13.2. The molecule has 19 nitrogen and oxygen atoms in total. The Labute approximate surface area is 400 Å². The molecule has 4 atom stereocenters. The number of imidazole rings is 2. The van der Waals surface area contributed by atoms with Crippen LogP contribution in [0.2, 0.25) is 0 Å². The van der Waals surface area contributed by atoms with E-state index < -0.39 is 30.3 Å². The highest BCUT2D eigenvalue weighted by Gasteiger charge is 2.44. The van der Waals surface area contributed by atoms with Crippen LogP contribution in [0.25, 0.3) is 33.6 Å². The number of aromatic nitrogens is 4. The van der Waals surface area contributed by atoms with Crippen LogP contribution < -0.4 is 20.1 Å². The van der Waals surface area contributed by atoms with Gasteiger partial charge in [0.15, 0.2) is 11.5 Å². The Balaban J connectivity index is 0.966. The van der Waals surface area contributed by atoms with Gasteiger partial charge in [0.1, 0.15) is 29.8 Å². The summed E-state index contributed by atoms with van der Waals surface area (Å²) in [5.74, 6) is 1.42. The minimum absolute atomic E-state index is 0.0244. The van der Waals surface area contributed by atoms with Crippen molar-refractivity contribution in [2.45, 2.75) is 77.8 Å². The van der Waals surface area contributed by atoms with Crippen LogP contribution in [-0.4, -0.2) is 130 Å². The Morgan fingerprint density at radius 1 is 0.638 bits per heavy atom. The number of hydrogen-bond donors (Lipinski definition) is 4. The van der Waals surface area contributed by atoms with Crippen LogP contribution in [0, 0.1) is 11.8 Å². The first-order chi connectivity index (χ1) is 33.2.